The maximum Gasteiger partial charge on any atom is 0.276 e. The van der Waals surface area contributed by atoms with E-state index in [4.69, 9.17) is 4.99 Å². The van der Waals surface area contributed by atoms with E-state index >= 15 is 0 Å². The van der Waals surface area contributed by atoms with Gasteiger partial charge in [-0.05, 0) is 56.0 Å². The lowest BCUT2D eigenvalue weighted by atomic mass is 9.86. The highest BCUT2D eigenvalue weighted by Crippen LogP contribution is 2.52. The van der Waals surface area contributed by atoms with Crippen molar-refractivity contribution >= 4 is 17.5 Å². The SMILES string of the molecule is CCC(=O)NC1=CC=C(C/C(O)=C(/N=C(C)c2ccc(C(C)(C)C)cc2)C(=O)N2CCN(CCN(C)C)CC2)C2CC12. The molecule has 1 aliphatic heterocycles. The van der Waals surface area contributed by atoms with Crippen LogP contribution in [0.4, 0.5) is 0 Å². The van der Waals surface area contributed by atoms with E-state index in [0.29, 0.717) is 25.2 Å². The molecule has 4 rings (SSSR count). The summed E-state index contributed by atoms with van der Waals surface area (Å²) in [5, 5.41) is 14.5. The molecule has 8 nitrogen and oxygen atoms in total. The van der Waals surface area contributed by atoms with Crippen molar-refractivity contribution in [1.29, 1.82) is 0 Å². The highest BCUT2D eigenvalue weighted by atomic mass is 16.3. The zero-order valence-electron chi connectivity index (χ0n) is 26.5. The Kier molecular flexibility index (Phi) is 10.1. The number of rotatable bonds is 10. The maximum atomic E-state index is 13.9. The normalized spacial score (nSPS) is 21.8. The number of nitrogens with one attached hydrogen (secondary N) is 1. The van der Waals surface area contributed by atoms with Gasteiger partial charge in [-0.15, -0.1) is 0 Å². The van der Waals surface area contributed by atoms with E-state index in [9.17, 15) is 14.7 Å². The van der Waals surface area contributed by atoms with Gasteiger partial charge >= 0.3 is 0 Å². The monoisotopic (exact) mass is 575 g/mol. The van der Waals surface area contributed by atoms with Crippen LogP contribution in [0.2, 0.25) is 0 Å². The summed E-state index contributed by atoms with van der Waals surface area (Å²) in [6.07, 6.45) is 5.60. The Morgan fingerprint density at radius 3 is 2.31 bits per heavy atom. The standard InChI is InChI=1S/C34H49N5O3/c1-8-31(41)36-29-14-11-25(27-22-28(27)29)21-30(40)32(33(42)39-19-17-38(18-20-39)16-15-37(6)7)35-23(2)24-9-12-26(13-10-24)34(3,4)5/h9-14,27-28,40H,8,15-22H2,1-7H3,(H,36,41)/b32-30-,35-23?. The highest BCUT2D eigenvalue weighted by molar-refractivity contribution is 6.03. The summed E-state index contributed by atoms with van der Waals surface area (Å²) >= 11 is 0. The summed E-state index contributed by atoms with van der Waals surface area (Å²) in [6, 6.07) is 8.29. The van der Waals surface area contributed by atoms with Crippen LogP contribution in [0.3, 0.4) is 0 Å². The van der Waals surface area contributed by atoms with Crippen LogP contribution < -0.4 is 5.32 Å². The number of piperazine rings is 1. The Bertz CT molecular complexity index is 1270. The van der Waals surface area contributed by atoms with Gasteiger partial charge in [-0.1, -0.05) is 63.6 Å². The first kappa shape index (κ1) is 31.7. The number of hydrogen-bond acceptors (Lipinski definition) is 6. The fourth-order valence-corrected chi connectivity index (χ4v) is 5.59. The lowest BCUT2D eigenvalue weighted by Crippen LogP contribution is -2.50. The number of aliphatic hydroxyl groups excluding tert-OH is 1. The molecule has 1 saturated heterocycles. The summed E-state index contributed by atoms with van der Waals surface area (Å²) in [5.74, 6) is 0.347. The summed E-state index contributed by atoms with van der Waals surface area (Å²) in [4.78, 5) is 37.0. The van der Waals surface area contributed by atoms with Crippen molar-refractivity contribution in [3.63, 3.8) is 0 Å². The number of carbonyl (C=O) groups is 2. The average Bonchev–Trinajstić information content (AvgIpc) is 3.77. The van der Waals surface area contributed by atoms with Gasteiger partial charge in [0.1, 0.15) is 5.76 Å². The van der Waals surface area contributed by atoms with Crippen molar-refractivity contribution < 1.29 is 14.7 Å². The first-order valence-electron chi connectivity index (χ1n) is 15.3. The number of aliphatic hydroxyl groups is 1. The number of amides is 2. The molecule has 0 spiro atoms. The summed E-state index contributed by atoms with van der Waals surface area (Å²) in [7, 11) is 4.14. The third-order valence-corrected chi connectivity index (χ3v) is 8.57. The molecule has 0 bridgehead atoms. The molecule has 0 radical (unpaired) electrons. The molecule has 2 fully saturated rings. The molecular weight excluding hydrogens is 526 g/mol. The van der Waals surface area contributed by atoms with Gasteiger partial charge in [0.15, 0.2) is 5.70 Å². The van der Waals surface area contributed by atoms with Crippen molar-refractivity contribution in [2.45, 2.75) is 59.3 Å². The van der Waals surface area contributed by atoms with Crippen molar-refractivity contribution in [3.8, 4) is 0 Å². The summed E-state index contributed by atoms with van der Waals surface area (Å²) < 4.78 is 0. The quantitative estimate of drug-likeness (QED) is 0.241. The topological polar surface area (TPSA) is 88.5 Å². The van der Waals surface area contributed by atoms with Crippen molar-refractivity contribution in [1.82, 2.24) is 20.0 Å². The van der Waals surface area contributed by atoms with E-state index in [1.807, 2.05) is 43.0 Å². The third kappa shape index (κ3) is 7.98. The molecule has 3 aliphatic rings. The zero-order valence-corrected chi connectivity index (χ0v) is 26.5. The van der Waals surface area contributed by atoms with Gasteiger partial charge < -0.3 is 20.2 Å². The van der Waals surface area contributed by atoms with Gasteiger partial charge in [0.25, 0.3) is 5.91 Å². The molecule has 2 atom stereocenters. The van der Waals surface area contributed by atoms with Crippen molar-refractivity contribution in [3.05, 3.63) is 70.3 Å². The number of nitrogens with zero attached hydrogens (tertiary/aromatic N) is 4. The van der Waals surface area contributed by atoms with E-state index in [0.717, 1.165) is 49.4 Å². The third-order valence-electron chi connectivity index (χ3n) is 8.57. The fraction of sp³-hybridized carbons (Fsp3) is 0.559. The Morgan fingerprint density at radius 2 is 1.71 bits per heavy atom. The van der Waals surface area contributed by atoms with Crippen LogP contribution in [0.25, 0.3) is 0 Å². The number of hydrogen-bond donors (Lipinski definition) is 2. The van der Waals surface area contributed by atoms with Crippen LogP contribution >= 0.6 is 0 Å². The molecule has 42 heavy (non-hydrogen) atoms. The van der Waals surface area contributed by atoms with E-state index in [1.54, 1.807) is 0 Å². The predicted octanol–water partition coefficient (Wildman–Crippen LogP) is 4.64. The molecule has 1 aromatic carbocycles. The lowest BCUT2D eigenvalue weighted by Gasteiger charge is -2.35. The van der Waals surface area contributed by atoms with Gasteiger partial charge in [-0.25, -0.2) is 4.99 Å². The van der Waals surface area contributed by atoms with Crippen LogP contribution in [0.1, 0.15) is 65.0 Å². The number of carbonyl (C=O) groups excluding carboxylic acids is 2. The molecule has 8 heteroatoms. The highest BCUT2D eigenvalue weighted by Gasteiger charge is 2.44. The molecule has 1 heterocycles. The second kappa shape index (κ2) is 13.4. The first-order valence-corrected chi connectivity index (χ1v) is 15.3. The molecule has 228 valence electrons. The minimum absolute atomic E-state index is 0.00652. The Hall–Kier alpha value is -3.23. The van der Waals surface area contributed by atoms with E-state index in [-0.39, 0.29) is 46.9 Å². The minimum atomic E-state index is -0.222. The summed E-state index contributed by atoms with van der Waals surface area (Å²) in [5.41, 5.74) is 5.05. The molecule has 0 aromatic heterocycles. The van der Waals surface area contributed by atoms with Crippen LogP contribution in [0, 0.1) is 11.8 Å². The Balaban J connectivity index is 1.58. The van der Waals surface area contributed by atoms with Gasteiger partial charge in [0, 0.05) is 69.4 Å². The molecule has 1 aromatic rings. The van der Waals surface area contributed by atoms with E-state index < -0.39 is 0 Å². The van der Waals surface area contributed by atoms with Crippen LogP contribution in [0.15, 0.2) is 64.1 Å². The number of aliphatic imine (C=N–C) groups is 1. The molecule has 2 N–H and O–H groups in total. The van der Waals surface area contributed by atoms with Gasteiger partial charge in [-0.3, -0.25) is 14.5 Å². The second-order valence-corrected chi connectivity index (χ2v) is 13.1. The predicted molar refractivity (Wildman–Crippen MR) is 169 cm³/mol. The number of fused-ring (bicyclic) bond motifs is 1. The number of likely N-dealkylation sites (N-methyl/N-ethyl adjacent to an activating group) is 1. The van der Waals surface area contributed by atoms with Crippen LogP contribution in [0.5, 0.6) is 0 Å². The zero-order chi connectivity index (χ0) is 30.6. The number of allylic oxidation sites excluding steroid dienone is 4. The largest absolute Gasteiger partial charge is 0.510 e. The molecular formula is C34H49N5O3. The number of benzene rings is 1. The first-order chi connectivity index (χ1) is 19.9. The molecule has 2 unspecified atom stereocenters. The maximum absolute atomic E-state index is 13.9. The van der Waals surface area contributed by atoms with Gasteiger partial charge in [-0.2, -0.15) is 0 Å². The molecule has 1 saturated carbocycles. The van der Waals surface area contributed by atoms with Gasteiger partial charge in [0.05, 0.1) is 0 Å². The fourth-order valence-electron chi connectivity index (χ4n) is 5.59. The second-order valence-electron chi connectivity index (χ2n) is 13.1. The van der Waals surface area contributed by atoms with Crippen molar-refractivity contribution in [2.75, 3.05) is 53.4 Å². The van der Waals surface area contributed by atoms with E-state index in [2.05, 4.69) is 62.1 Å². The molecule has 2 amide bonds. The lowest BCUT2D eigenvalue weighted by molar-refractivity contribution is -0.129. The Labute approximate surface area is 251 Å². The average molecular weight is 576 g/mol. The smallest absolute Gasteiger partial charge is 0.276 e. The van der Waals surface area contributed by atoms with Crippen LogP contribution in [-0.4, -0.2) is 90.7 Å². The minimum Gasteiger partial charge on any atom is -0.510 e. The van der Waals surface area contributed by atoms with Crippen molar-refractivity contribution in [2.24, 2.45) is 16.8 Å². The molecule has 2 aliphatic carbocycles. The Morgan fingerprint density at radius 1 is 1.05 bits per heavy atom. The van der Waals surface area contributed by atoms with Gasteiger partial charge in [0.2, 0.25) is 5.91 Å². The summed E-state index contributed by atoms with van der Waals surface area (Å²) in [6.45, 7) is 15.0. The van der Waals surface area contributed by atoms with Crippen LogP contribution in [-0.2, 0) is 15.0 Å². The van der Waals surface area contributed by atoms with E-state index in [1.165, 1.54) is 5.56 Å².